The number of hydrogen-bond acceptors (Lipinski definition) is 5. The number of nitrogens with one attached hydrogen (secondary N) is 1. The van der Waals surface area contributed by atoms with Crippen LogP contribution in [0.4, 0.5) is 5.69 Å². The highest BCUT2D eigenvalue weighted by molar-refractivity contribution is 7.98. The van der Waals surface area contributed by atoms with Crippen molar-refractivity contribution in [3.05, 3.63) is 60.2 Å². The fourth-order valence-corrected chi connectivity index (χ4v) is 2.37. The number of hydrogen-bond donors (Lipinski definition) is 1. The number of esters is 1. The van der Waals surface area contributed by atoms with E-state index in [4.69, 9.17) is 9.47 Å². The third-order valence-corrected chi connectivity index (χ3v) is 3.97. The highest BCUT2D eigenvalue weighted by Crippen LogP contribution is 2.17. The predicted molar refractivity (Wildman–Crippen MR) is 99.8 cm³/mol. The molecule has 0 aliphatic rings. The lowest BCUT2D eigenvalue weighted by Crippen LogP contribution is -2.20. The zero-order chi connectivity index (χ0) is 18.1. The van der Waals surface area contributed by atoms with E-state index in [0.29, 0.717) is 11.4 Å². The third kappa shape index (κ3) is 6.35. The predicted octanol–water partition coefficient (Wildman–Crippen LogP) is 3.61. The molecule has 0 saturated heterocycles. The molecule has 6 heteroatoms. The van der Waals surface area contributed by atoms with Crippen molar-refractivity contribution in [3.8, 4) is 5.75 Å². The molecule has 0 atom stereocenters. The lowest BCUT2D eigenvalue weighted by Gasteiger charge is -2.07. The van der Waals surface area contributed by atoms with Gasteiger partial charge >= 0.3 is 5.97 Å². The summed E-state index contributed by atoms with van der Waals surface area (Å²) < 4.78 is 10.0. The van der Waals surface area contributed by atoms with E-state index in [0.717, 1.165) is 10.5 Å². The van der Waals surface area contributed by atoms with Crippen molar-refractivity contribution < 1.29 is 19.1 Å². The van der Waals surface area contributed by atoms with E-state index in [2.05, 4.69) is 5.32 Å². The molecule has 0 aliphatic carbocycles. The van der Waals surface area contributed by atoms with Crippen LogP contribution in [0.2, 0.25) is 0 Å². The summed E-state index contributed by atoms with van der Waals surface area (Å²) in [5, 5.41) is 2.64. The second-order valence-electron chi connectivity index (χ2n) is 4.99. The van der Waals surface area contributed by atoms with E-state index in [1.54, 1.807) is 49.2 Å². The smallest absolute Gasteiger partial charge is 0.331 e. The van der Waals surface area contributed by atoms with Crippen molar-refractivity contribution in [1.29, 1.82) is 0 Å². The van der Waals surface area contributed by atoms with Gasteiger partial charge < -0.3 is 14.8 Å². The molecule has 1 amide bonds. The number of carbonyl (C=O) groups excluding carboxylic acids is 2. The van der Waals surface area contributed by atoms with E-state index >= 15 is 0 Å². The van der Waals surface area contributed by atoms with Crippen LogP contribution >= 0.6 is 11.8 Å². The van der Waals surface area contributed by atoms with Crippen LogP contribution in [0.25, 0.3) is 6.08 Å². The molecule has 0 radical (unpaired) electrons. The molecule has 0 aromatic heterocycles. The van der Waals surface area contributed by atoms with Gasteiger partial charge in [-0.3, -0.25) is 4.79 Å². The highest BCUT2D eigenvalue weighted by atomic mass is 32.2. The third-order valence-electron chi connectivity index (χ3n) is 3.23. The number of methoxy groups -OCH3 is 1. The number of benzene rings is 2. The Hall–Kier alpha value is -2.73. The van der Waals surface area contributed by atoms with E-state index in [1.807, 2.05) is 30.5 Å². The van der Waals surface area contributed by atoms with Gasteiger partial charge in [0.25, 0.3) is 5.91 Å². The molecule has 25 heavy (non-hydrogen) atoms. The van der Waals surface area contributed by atoms with Gasteiger partial charge in [-0.1, -0.05) is 18.2 Å². The van der Waals surface area contributed by atoms with E-state index in [9.17, 15) is 9.59 Å². The Morgan fingerprint density at radius 2 is 1.92 bits per heavy atom. The Morgan fingerprint density at radius 1 is 1.16 bits per heavy atom. The lowest BCUT2D eigenvalue weighted by atomic mass is 10.2. The summed E-state index contributed by atoms with van der Waals surface area (Å²) >= 11 is 1.65. The van der Waals surface area contributed by atoms with Gasteiger partial charge in [-0.05, 0) is 42.2 Å². The van der Waals surface area contributed by atoms with Crippen molar-refractivity contribution in [2.45, 2.75) is 4.90 Å². The maximum Gasteiger partial charge on any atom is 0.331 e. The van der Waals surface area contributed by atoms with Gasteiger partial charge in [0.15, 0.2) is 6.61 Å². The van der Waals surface area contributed by atoms with Gasteiger partial charge in [0.05, 0.1) is 7.11 Å². The average Bonchev–Trinajstić information content (AvgIpc) is 2.65. The van der Waals surface area contributed by atoms with E-state index in [-0.39, 0.29) is 6.61 Å². The molecule has 2 rings (SSSR count). The number of carbonyl (C=O) groups is 2. The summed E-state index contributed by atoms with van der Waals surface area (Å²) in [5.74, 6) is -0.362. The summed E-state index contributed by atoms with van der Waals surface area (Å²) in [5.41, 5.74) is 1.46. The number of ether oxygens (including phenoxy) is 2. The van der Waals surface area contributed by atoms with Crippen LogP contribution in [0.1, 0.15) is 5.56 Å². The van der Waals surface area contributed by atoms with Crippen molar-refractivity contribution in [2.24, 2.45) is 0 Å². The Bertz CT molecular complexity index is 756. The van der Waals surface area contributed by atoms with Gasteiger partial charge in [-0.25, -0.2) is 4.79 Å². The summed E-state index contributed by atoms with van der Waals surface area (Å²) in [4.78, 5) is 24.6. The fourth-order valence-electron chi connectivity index (χ4n) is 1.96. The van der Waals surface area contributed by atoms with E-state index in [1.165, 1.54) is 6.08 Å². The highest BCUT2D eigenvalue weighted by Gasteiger charge is 2.06. The number of anilines is 1. The second kappa shape index (κ2) is 9.54. The normalized spacial score (nSPS) is 10.5. The van der Waals surface area contributed by atoms with Gasteiger partial charge in [-0.15, -0.1) is 11.8 Å². The molecule has 0 saturated carbocycles. The Morgan fingerprint density at radius 3 is 2.60 bits per heavy atom. The number of rotatable bonds is 7. The zero-order valence-electron chi connectivity index (χ0n) is 14.0. The molecule has 2 aromatic carbocycles. The molecule has 5 nitrogen and oxygen atoms in total. The minimum absolute atomic E-state index is 0.355. The molecular weight excluding hydrogens is 338 g/mol. The SMILES string of the molecule is COc1cccc(NC(=O)COC(=O)/C=C/c2ccc(SC)cc2)c1. The maximum atomic E-state index is 11.8. The minimum atomic E-state index is -0.574. The van der Waals surface area contributed by atoms with Crippen LogP contribution in [-0.4, -0.2) is 31.8 Å². The van der Waals surface area contributed by atoms with Crippen LogP contribution in [0.3, 0.4) is 0 Å². The lowest BCUT2D eigenvalue weighted by molar-refractivity contribution is -0.142. The van der Waals surface area contributed by atoms with Crippen LogP contribution in [0, 0.1) is 0 Å². The van der Waals surface area contributed by atoms with Gasteiger partial charge in [0.1, 0.15) is 5.75 Å². The number of amides is 1. The van der Waals surface area contributed by atoms with Crippen molar-refractivity contribution in [2.75, 3.05) is 25.3 Å². The minimum Gasteiger partial charge on any atom is -0.497 e. The molecular formula is C19H19NO4S. The second-order valence-corrected chi connectivity index (χ2v) is 5.87. The topological polar surface area (TPSA) is 64.6 Å². The van der Waals surface area contributed by atoms with Crippen molar-refractivity contribution >= 4 is 35.4 Å². The van der Waals surface area contributed by atoms with Crippen LogP contribution in [0.5, 0.6) is 5.75 Å². The number of thioether (sulfide) groups is 1. The molecule has 2 aromatic rings. The summed E-state index contributed by atoms with van der Waals surface area (Å²) in [6, 6.07) is 14.7. The Kier molecular flexibility index (Phi) is 7.10. The van der Waals surface area contributed by atoms with Gasteiger partial charge in [-0.2, -0.15) is 0 Å². The molecule has 130 valence electrons. The molecule has 1 N–H and O–H groups in total. The molecule has 0 fully saturated rings. The molecule has 0 heterocycles. The first-order valence-corrected chi connectivity index (χ1v) is 8.76. The van der Waals surface area contributed by atoms with Crippen LogP contribution < -0.4 is 10.1 Å². The maximum absolute atomic E-state index is 11.8. The summed E-state index contributed by atoms with van der Waals surface area (Å²) in [6.07, 6.45) is 4.94. The fraction of sp³-hybridized carbons (Fsp3) is 0.158. The standard InChI is InChI=1S/C19H19NO4S/c1-23-16-5-3-4-15(12-16)20-18(21)13-24-19(22)11-8-14-6-9-17(25-2)10-7-14/h3-12H,13H2,1-2H3,(H,20,21)/b11-8+. The van der Waals surface area contributed by atoms with Crippen LogP contribution in [-0.2, 0) is 14.3 Å². The summed E-state index contributed by atoms with van der Waals surface area (Å²) in [7, 11) is 1.55. The van der Waals surface area contributed by atoms with Crippen molar-refractivity contribution in [3.63, 3.8) is 0 Å². The first kappa shape index (κ1) is 18.6. The molecule has 0 aliphatic heterocycles. The first-order chi connectivity index (χ1) is 12.1. The van der Waals surface area contributed by atoms with Gasteiger partial charge in [0.2, 0.25) is 0 Å². The largest absolute Gasteiger partial charge is 0.497 e. The Balaban J connectivity index is 1.80. The zero-order valence-corrected chi connectivity index (χ0v) is 14.8. The molecule has 0 unspecified atom stereocenters. The monoisotopic (exact) mass is 357 g/mol. The average molecular weight is 357 g/mol. The quantitative estimate of drug-likeness (QED) is 0.466. The summed E-state index contributed by atoms with van der Waals surface area (Å²) in [6.45, 7) is -0.355. The van der Waals surface area contributed by atoms with Gasteiger partial charge in [0, 0.05) is 22.7 Å². The van der Waals surface area contributed by atoms with Crippen molar-refractivity contribution in [1.82, 2.24) is 0 Å². The molecule has 0 bridgehead atoms. The Labute approximate surface area is 151 Å². The first-order valence-electron chi connectivity index (χ1n) is 7.53. The van der Waals surface area contributed by atoms with Crippen LogP contribution in [0.15, 0.2) is 59.5 Å². The molecule has 0 spiro atoms. The van der Waals surface area contributed by atoms with E-state index < -0.39 is 11.9 Å².